The predicted octanol–water partition coefficient (Wildman–Crippen LogP) is 8.67. The van der Waals surface area contributed by atoms with Crippen molar-refractivity contribution in [3.05, 3.63) is 106 Å². The zero-order chi connectivity index (χ0) is 43.2. The number of aryl methyl sites for hydroxylation is 4. The molecule has 1 amide bonds. The van der Waals surface area contributed by atoms with Crippen molar-refractivity contribution in [2.45, 2.75) is 65.8 Å². The Morgan fingerprint density at radius 1 is 0.738 bits per heavy atom. The molecule has 0 aliphatic carbocycles. The molecule has 9 rings (SSSR count). The first-order valence-electron chi connectivity index (χ1n) is 20.4. The van der Waals surface area contributed by atoms with E-state index in [1.54, 1.807) is 27.4 Å². The first-order chi connectivity index (χ1) is 29.6. The van der Waals surface area contributed by atoms with Crippen LogP contribution in [0.4, 0.5) is 0 Å². The summed E-state index contributed by atoms with van der Waals surface area (Å²) in [5, 5.41) is 16.1. The minimum atomic E-state index is -0.387. The number of amides is 1. The Hall–Kier alpha value is -6.67. The van der Waals surface area contributed by atoms with E-state index < -0.39 is 0 Å². The number of nitrogens with zero attached hydrogens (tertiary/aromatic N) is 5. The minimum absolute atomic E-state index is 0.273. The van der Waals surface area contributed by atoms with Gasteiger partial charge in [0.25, 0.3) is 0 Å². The average Bonchev–Trinajstić information content (AvgIpc) is 4.08. The summed E-state index contributed by atoms with van der Waals surface area (Å²) in [4.78, 5) is 24.7. The number of piperidine rings is 1. The average molecular weight is 829 g/mol. The molecular formula is C47H52N6O8. The Balaban J connectivity index is 0.000000160. The van der Waals surface area contributed by atoms with E-state index in [1.807, 2.05) is 69.3 Å². The van der Waals surface area contributed by atoms with Crippen LogP contribution in [0, 0.1) is 20.8 Å². The summed E-state index contributed by atoms with van der Waals surface area (Å²) < 4.78 is 34.4. The molecule has 0 atom stereocenters. The van der Waals surface area contributed by atoms with Gasteiger partial charge in [0.15, 0.2) is 16.7 Å². The molecule has 4 aromatic carbocycles. The predicted molar refractivity (Wildman–Crippen MR) is 234 cm³/mol. The van der Waals surface area contributed by atoms with Gasteiger partial charge in [-0.2, -0.15) is 0 Å². The van der Waals surface area contributed by atoms with E-state index in [0.29, 0.717) is 22.9 Å². The molecule has 0 bridgehead atoms. The molecule has 0 unspecified atom stereocenters. The highest BCUT2D eigenvalue weighted by Gasteiger charge is 2.23. The van der Waals surface area contributed by atoms with E-state index in [0.717, 1.165) is 135 Å². The van der Waals surface area contributed by atoms with Gasteiger partial charge in [-0.15, -0.1) is 0 Å². The maximum absolute atomic E-state index is 11.6. The topological polar surface area (TPSA) is 174 Å². The number of hydrogen-bond donors (Lipinski definition) is 1. The van der Waals surface area contributed by atoms with Crippen molar-refractivity contribution in [2.75, 3.05) is 41.0 Å². The highest BCUT2D eigenvalue weighted by atomic mass is 16.5. The Kier molecular flexibility index (Phi) is 13.0. The quantitative estimate of drug-likeness (QED) is 0.123. The number of carbonyl (C=O) groups excluding carboxylic acids is 2. The fourth-order valence-electron chi connectivity index (χ4n) is 8.22. The third-order valence-corrected chi connectivity index (χ3v) is 11.6. The zero-order valence-electron chi connectivity index (χ0n) is 35.7. The number of hydrogen-bond acceptors (Lipinski definition) is 12. The van der Waals surface area contributed by atoms with E-state index in [-0.39, 0.29) is 12.3 Å². The van der Waals surface area contributed by atoms with Crippen LogP contribution in [0.25, 0.3) is 43.8 Å². The number of aromatic nitrogens is 4. The van der Waals surface area contributed by atoms with Crippen molar-refractivity contribution in [1.29, 1.82) is 0 Å². The molecule has 0 spiro atoms. The van der Waals surface area contributed by atoms with Crippen LogP contribution in [-0.4, -0.2) is 78.1 Å². The van der Waals surface area contributed by atoms with Gasteiger partial charge in [-0.1, -0.05) is 28.5 Å². The second kappa shape index (κ2) is 18.7. The summed E-state index contributed by atoms with van der Waals surface area (Å²) >= 11 is 0. The molecule has 1 aliphatic rings. The van der Waals surface area contributed by atoms with Crippen LogP contribution in [0.2, 0.25) is 0 Å². The molecule has 14 heteroatoms. The molecule has 318 valence electrons. The zero-order valence-corrected chi connectivity index (χ0v) is 35.7. The van der Waals surface area contributed by atoms with Gasteiger partial charge in [0.2, 0.25) is 5.91 Å². The maximum atomic E-state index is 11.6. The second-order valence-corrected chi connectivity index (χ2v) is 15.1. The number of benzene rings is 4. The molecular weight excluding hydrogens is 777 g/mol. The molecule has 1 fully saturated rings. The summed E-state index contributed by atoms with van der Waals surface area (Å²) in [7, 11) is 4.94. The van der Waals surface area contributed by atoms with Crippen LogP contribution in [0.1, 0.15) is 69.9 Å². The number of rotatable bonds is 11. The van der Waals surface area contributed by atoms with Crippen molar-refractivity contribution in [1.82, 2.24) is 24.9 Å². The van der Waals surface area contributed by atoms with Crippen molar-refractivity contribution >= 4 is 56.0 Å². The minimum Gasteiger partial charge on any atom is -0.496 e. The van der Waals surface area contributed by atoms with Crippen molar-refractivity contribution in [3.8, 4) is 17.2 Å². The molecule has 5 heterocycles. The van der Waals surface area contributed by atoms with Crippen LogP contribution in [0.3, 0.4) is 0 Å². The Labute approximate surface area is 353 Å². The van der Waals surface area contributed by atoms with Gasteiger partial charge in [-0.05, 0) is 106 Å². The van der Waals surface area contributed by atoms with E-state index in [1.165, 1.54) is 0 Å². The number of nitrogens with two attached hydrogens (primary N) is 1. The van der Waals surface area contributed by atoms with E-state index in [2.05, 4.69) is 44.1 Å². The summed E-state index contributed by atoms with van der Waals surface area (Å²) in [6.45, 7) is 10.8. The Morgan fingerprint density at radius 3 is 1.75 bits per heavy atom. The highest BCUT2D eigenvalue weighted by molar-refractivity contribution is 5.97. The molecule has 2 N–H and O–H groups in total. The Morgan fingerprint density at radius 2 is 1.25 bits per heavy atom. The van der Waals surface area contributed by atoms with Crippen LogP contribution >= 0.6 is 0 Å². The molecule has 8 aromatic rings. The highest BCUT2D eigenvalue weighted by Crippen LogP contribution is 2.34. The fraction of sp³-hybridized carbons (Fsp3) is 0.340. The lowest BCUT2D eigenvalue weighted by atomic mass is 10.0. The lowest BCUT2D eigenvalue weighted by Gasteiger charge is -2.33. The number of aldehydes is 1. The van der Waals surface area contributed by atoms with Gasteiger partial charge in [0, 0.05) is 82.2 Å². The number of likely N-dealkylation sites (tertiary alicyclic amines) is 1. The normalized spacial score (nSPS) is 13.2. The van der Waals surface area contributed by atoms with Crippen LogP contribution in [-0.2, 0) is 24.1 Å². The molecule has 1 saturated heterocycles. The third kappa shape index (κ3) is 8.67. The number of carbonyl (C=O) groups is 2. The molecule has 0 saturated carbocycles. The number of methoxy groups -OCH3 is 3. The number of ether oxygens (including phenoxy) is 3. The lowest BCUT2D eigenvalue weighted by molar-refractivity contribution is -0.107. The Bertz CT molecular complexity index is 2810. The van der Waals surface area contributed by atoms with E-state index >= 15 is 0 Å². The van der Waals surface area contributed by atoms with Crippen LogP contribution in [0.5, 0.6) is 17.2 Å². The third-order valence-electron chi connectivity index (χ3n) is 11.6. The van der Waals surface area contributed by atoms with Crippen molar-refractivity contribution in [3.63, 3.8) is 0 Å². The van der Waals surface area contributed by atoms with Gasteiger partial charge in [-0.25, -0.2) is 0 Å². The number of fused-ring (bicyclic) bond motifs is 4. The SMILES string of the molecule is CCc1c(OC)ccc2c(C)noc12.COc1ccc2c(C)noc2c1CC=O.COc1ccc2c(C)noc2c1CCN1CCC(n2ccc3ccc(C(N)=O)cc32)CC1. The first kappa shape index (κ1) is 42.5. The van der Waals surface area contributed by atoms with Gasteiger partial charge in [-0.3, -0.25) is 4.79 Å². The fourth-order valence-corrected chi connectivity index (χ4v) is 8.22. The monoisotopic (exact) mass is 828 g/mol. The van der Waals surface area contributed by atoms with Crippen LogP contribution in [0.15, 0.2) is 80.4 Å². The van der Waals surface area contributed by atoms with Crippen molar-refractivity contribution in [2.24, 2.45) is 5.73 Å². The summed E-state index contributed by atoms with van der Waals surface area (Å²) in [6.07, 6.45) is 7.10. The largest absolute Gasteiger partial charge is 0.496 e. The molecule has 14 nitrogen and oxygen atoms in total. The van der Waals surface area contributed by atoms with Crippen molar-refractivity contribution < 1.29 is 37.4 Å². The van der Waals surface area contributed by atoms with Gasteiger partial charge in [0.05, 0.1) is 38.4 Å². The smallest absolute Gasteiger partial charge is 0.248 e. The van der Waals surface area contributed by atoms with Gasteiger partial charge in [0.1, 0.15) is 23.5 Å². The first-order valence-corrected chi connectivity index (χ1v) is 20.4. The van der Waals surface area contributed by atoms with Gasteiger partial charge < -0.3 is 47.8 Å². The maximum Gasteiger partial charge on any atom is 0.248 e. The standard InChI is InChI=1S/C25H28N4O3.C11H11NO3.C11H13NO2/c1-16-20-5-6-23(31-2)21(24(20)32-27-16)10-13-28-11-8-19(9-12-28)29-14-7-17-3-4-18(25(26)30)15-22(17)29;1-7-8-3-4-10(14-2)9(5-6-13)11(8)15-12-7;1-4-8-10(13-3)6-5-9-7(2)12-14-11(8)9/h3-7,14-15,19H,8-13H2,1-2H3,(H2,26,30);3-4,6H,5H2,1-2H3;5-6H,4H2,1-3H3. The molecule has 1 aliphatic heterocycles. The van der Waals surface area contributed by atoms with E-state index in [9.17, 15) is 9.59 Å². The van der Waals surface area contributed by atoms with E-state index in [4.69, 9.17) is 33.5 Å². The molecule has 4 aromatic heterocycles. The summed E-state index contributed by atoms with van der Waals surface area (Å²) in [5.41, 5.74) is 15.0. The molecule has 0 radical (unpaired) electrons. The summed E-state index contributed by atoms with van der Waals surface area (Å²) in [6, 6.07) is 19.9. The summed E-state index contributed by atoms with van der Waals surface area (Å²) in [5.74, 6) is 2.00. The number of primary amides is 1. The van der Waals surface area contributed by atoms with Crippen LogP contribution < -0.4 is 19.9 Å². The van der Waals surface area contributed by atoms with Gasteiger partial charge >= 0.3 is 0 Å². The second-order valence-electron chi connectivity index (χ2n) is 15.1. The lowest BCUT2D eigenvalue weighted by Crippen LogP contribution is -2.35. The molecule has 61 heavy (non-hydrogen) atoms.